The highest BCUT2D eigenvalue weighted by molar-refractivity contribution is 5.21. The minimum Gasteiger partial charge on any atom is -0.361 e. The third-order valence-electron chi connectivity index (χ3n) is 1.86. The summed E-state index contributed by atoms with van der Waals surface area (Å²) in [5.41, 5.74) is 6.76. The van der Waals surface area contributed by atoms with E-state index in [1.165, 1.54) is 0 Å². The topological polar surface area (TPSA) is 52.0 Å². The van der Waals surface area contributed by atoms with Gasteiger partial charge in [-0.05, 0) is 13.8 Å². The molecule has 3 nitrogen and oxygen atoms in total. The zero-order valence-corrected chi connectivity index (χ0v) is 7.30. The first-order chi connectivity index (χ1) is 5.65. The van der Waals surface area contributed by atoms with Crippen molar-refractivity contribution in [2.24, 2.45) is 5.73 Å². The smallest absolute Gasteiger partial charge is 0.137 e. The lowest BCUT2D eigenvalue weighted by Crippen LogP contribution is -2.18. The first kappa shape index (κ1) is 9.19. The molecular formula is C8H13FN2O. The number of nitrogens with two attached hydrogens (primary N) is 1. The molecule has 1 aromatic rings. The van der Waals surface area contributed by atoms with Crippen LogP contribution >= 0.6 is 0 Å². The van der Waals surface area contributed by atoms with Crippen LogP contribution in [0.2, 0.25) is 0 Å². The normalized spacial score (nSPS) is 13.3. The second-order valence-electron chi connectivity index (χ2n) is 2.84. The van der Waals surface area contributed by atoms with Crippen LogP contribution in [0.25, 0.3) is 0 Å². The highest BCUT2D eigenvalue weighted by Crippen LogP contribution is 2.15. The molecule has 0 fully saturated rings. The predicted molar refractivity (Wildman–Crippen MR) is 43.6 cm³/mol. The van der Waals surface area contributed by atoms with Gasteiger partial charge in [0.05, 0.1) is 5.69 Å². The van der Waals surface area contributed by atoms with Crippen molar-refractivity contribution in [2.45, 2.75) is 26.4 Å². The van der Waals surface area contributed by atoms with Crippen molar-refractivity contribution in [3.8, 4) is 0 Å². The Morgan fingerprint density at radius 3 is 2.67 bits per heavy atom. The summed E-state index contributed by atoms with van der Waals surface area (Å²) in [5, 5.41) is 3.72. The molecule has 0 bridgehead atoms. The van der Waals surface area contributed by atoms with Crippen molar-refractivity contribution in [1.82, 2.24) is 5.16 Å². The van der Waals surface area contributed by atoms with Crippen LogP contribution < -0.4 is 5.73 Å². The second kappa shape index (κ2) is 3.67. The van der Waals surface area contributed by atoms with Gasteiger partial charge in [0.2, 0.25) is 0 Å². The van der Waals surface area contributed by atoms with Gasteiger partial charge in [0.25, 0.3) is 0 Å². The molecule has 1 heterocycles. The average molecular weight is 172 g/mol. The Morgan fingerprint density at radius 2 is 2.25 bits per heavy atom. The Labute approximate surface area is 70.7 Å². The lowest BCUT2D eigenvalue weighted by molar-refractivity contribution is 0.337. The zero-order valence-electron chi connectivity index (χ0n) is 7.30. The molecule has 0 radical (unpaired) electrons. The standard InChI is InChI=1S/C8H13FN2O/c1-5-8(3-7(9)4-10)6(2)12-11-5/h7H,3-4,10H2,1-2H3. The third kappa shape index (κ3) is 1.82. The summed E-state index contributed by atoms with van der Waals surface area (Å²) in [5.74, 6) is 0.684. The molecule has 0 aliphatic heterocycles. The monoisotopic (exact) mass is 172 g/mol. The lowest BCUT2D eigenvalue weighted by Gasteiger charge is -2.03. The van der Waals surface area contributed by atoms with Crippen molar-refractivity contribution in [1.29, 1.82) is 0 Å². The molecule has 1 unspecified atom stereocenters. The summed E-state index contributed by atoms with van der Waals surface area (Å²) in [4.78, 5) is 0. The third-order valence-corrected chi connectivity index (χ3v) is 1.86. The van der Waals surface area contributed by atoms with E-state index in [0.29, 0.717) is 12.2 Å². The molecule has 0 saturated heterocycles. The van der Waals surface area contributed by atoms with Gasteiger partial charge in [0.15, 0.2) is 0 Å². The van der Waals surface area contributed by atoms with Crippen molar-refractivity contribution in [3.05, 3.63) is 17.0 Å². The van der Waals surface area contributed by atoms with Gasteiger partial charge in [0, 0.05) is 18.5 Å². The first-order valence-electron chi connectivity index (χ1n) is 3.91. The number of rotatable bonds is 3. The molecule has 0 aliphatic rings. The Hall–Kier alpha value is -0.900. The Kier molecular flexibility index (Phi) is 2.81. The molecule has 0 aromatic carbocycles. The van der Waals surface area contributed by atoms with Crippen LogP contribution in [0.5, 0.6) is 0 Å². The van der Waals surface area contributed by atoms with E-state index in [1.807, 2.05) is 0 Å². The molecule has 68 valence electrons. The number of nitrogens with zero attached hydrogens (tertiary/aromatic N) is 1. The molecule has 0 saturated carbocycles. The molecule has 1 atom stereocenters. The van der Waals surface area contributed by atoms with Gasteiger partial charge in [-0.25, -0.2) is 4.39 Å². The molecule has 12 heavy (non-hydrogen) atoms. The fourth-order valence-electron chi connectivity index (χ4n) is 1.10. The van der Waals surface area contributed by atoms with Crippen molar-refractivity contribution in [3.63, 3.8) is 0 Å². The molecule has 0 amide bonds. The van der Waals surface area contributed by atoms with Crippen LogP contribution in [0.4, 0.5) is 4.39 Å². The quantitative estimate of drug-likeness (QED) is 0.743. The van der Waals surface area contributed by atoms with E-state index in [9.17, 15) is 4.39 Å². The first-order valence-corrected chi connectivity index (χ1v) is 3.91. The number of halogens is 1. The van der Waals surface area contributed by atoms with Crippen LogP contribution in [0.1, 0.15) is 17.0 Å². The van der Waals surface area contributed by atoms with E-state index in [4.69, 9.17) is 10.3 Å². The summed E-state index contributed by atoms with van der Waals surface area (Å²) < 4.78 is 17.7. The number of aryl methyl sites for hydroxylation is 2. The summed E-state index contributed by atoms with van der Waals surface area (Å²) in [6, 6.07) is 0. The van der Waals surface area contributed by atoms with E-state index in [1.54, 1.807) is 13.8 Å². The molecule has 1 aromatic heterocycles. The van der Waals surface area contributed by atoms with E-state index in [-0.39, 0.29) is 6.54 Å². The molecule has 4 heteroatoms. The van der Waals surface area contributed by atoms with E-state index in [2.05, 4.69) is 5.16 Å². The van der Waals surface area contributed by atoms with Crippen LogP contribution in [-0.4, -0.2) is 17.9 Å². The number of aromatic nitrogens is 1. The molecule has 0 aliphatic carbocycles. The fraction of sp³-hybridized carbons (Fsp3) is 0.625. The van der Waals surface area contributed by atoms with E-state index < -0.39 is 6.17 Å². The summed E-state index contributed by atoms with van der Waals surface area (Å²) in [6.45, 7) is 3.62. The number of hydrogen-bond donors (Lipinski definition) is 1. The highest BCUT2D eigenvalue weighted by atomic mass is 19.1. The van der Waals surface area contributed by atoms with Gasteiger partial charge in [-0.2, -0.15) is 0 Å². The minimum atomic E-state index is -0.998. The zero-order chi connectivity index (χ0) is 9.14. The van der Waals surface area contributed by atoms with Crippen molar-refractivity contribution >= 4 is 0 Å². The second-order valence-corrected chi connectivity index (χ2v) is 2.84. The Balaban J connectivity index is 2.73. The summed E-state index contributed by atoms with van der Waals surface area (Å²) >= 11 is 0. The van der Waals surface area contributed by atoms with Crippen molar-refractivity contribution < 1.29 is 8.91 Å². The fourth-order valence-corrected chi connectivity index (χ4v) is 1.10. The molecule has 1 rings (SSSR count). The van der Waals surface area contributed by atoms with E-state index in [0.717, 1.165) is 11.3 Å². The maximum absolute atomic E-state index is 12.9. The van der Waals surface area contributed by atoms with Gasteiger partial charge < -0.3 is 10.3 Å². The lowest BCUT2D eigenvalue weighted by atomic mass is 10.1. The van der Waals surface area contributed by atoms with Crippen LogP contribution in [-0.2, 0) is 6.42 Å². The van der Waals surface area contributed by atoms with Crippen LogP contribution in [0.15, 0.2) is 4.52 Å². The average Bonchev–Trinajstić information content (AvgIpc) is 2.35. The number of hydrogen-bond acceptors (Lipinski definition) is 3. The summed E-state index contributed by atoms with van der Waals surface area (Å²) in [6.07, 6.45) is -0.695. The van der Waals surface area contributed by atoms with Gasteiger partial charge in [-0.3, -0.25) is 0 Å². The largest absolute Gasteiger partial charge is 0.361 e. The Morgan fingerprint density at radius 1 is 1.58 bits per heavy atom. The van der Waals surface area contributed by atoms with Crippen molar-refractivity contribution in [2.75, 3.05) is 6.54 Å². The predicted octanol–water partition coefficient (Wildman–Crippen LogP) is 1.13. The minimum absolute atomic E-state index is 0.0457. The molecular weight excluding hydrogens is 159 g/mol. The molecule has 2 N–H and O–H groups in total. The SMILES string of the molecule is Cc1noc(C)c1CC(F)CN. The van der Waals surface area contributed by atoms with Gasteiger partial charge in [0.1, 0.15) is 11.9 Å². The Bertz CT molecular complexity index is 240. The van der Waals surface area contributed by atoms with Gasteiger partial charge in [-0.1, -0.05) is 5.16 Å². The van der Waals surface area contributed by atoms with Crippen LogP contribution in [0.3, 0.4) is 0 Å². The van der Waals surface area contributed by atoms with E-state index >= 15 is 0 Å². The van der Waals surface area contributed by atoms with Gasteiger partial charge in [-0.15, -0.1) is 0 Å². The summed E-state index contributed by atoms with van der Waals surface area (Å²) in [7, 11) is 0. The number of alkyl halides is 1. The highest BCUT2D eigenvalue weighted by Gasteiger charge is 2.13. The molecule has 0 spiro atoms. The maximum Gasteiger partial charge on any atom is 0.137 e. The maximum atomic E-state index is 12.9. The van der Waals surface area contributed by atoms with Crippen LogP contribution in [0, 0.1) is 13.8 Å². The van der Waals surface area contributed by atoms with Gasteiger partial charge >= 0.3 is 0 Å².